The Labute approximate surface area is 119 Å². The first-order chi connectivity index (χ1) is 9.33. The summed E-state index contributed by atoms with van der Waals surface area (Å²) in [5.41, 5.74) is 0. The molecule has 2 saturated heterocycles. The molecule has 3 rings (SSSR count). The Morgan fingerprint density at radius 2 is 1.32 bits per heavy atom. The van der Waals surface area contributed by atoms with E-state index in [0.29, 0.717) is 0 Å². The molecule has 2 unspecified atom stereocenters. The van der Waals surface area contributed by atoms with E-state index >= 15 is 0 Å². The van der Waals surface area contributed by atoms with Gasteiger partial charge in [-0.25, -0.2) is 0 Å². The van der Waals surface area contributed by atoms with Crippen LogP contribution in [0.25, 0.3) is 0 Å². The molecule has 0 aromatic carbocycles. The molecule has 0 aromatic heterocycles. The van der Waals surface area contributed by atoms with Crippen molar-refractivity contribution in [3.8, 4) is 0 Å². The Balaban J connectivity index is 1.46. The van der Waals surface area contributed by atoms with Crippen molar-refractivity contribution in [1.82, 2.24) is 9.80 Å². The van der Waals surface area contributed by atoms with Gasteiger partial charge in [-0.15, -0.1) is 0 Å². The molecule has 2 atom stereocenters. The minimum absolute atomic E-state index is 0.914. The maximum atomic E-state index is 2.83. The summed E-state index contributed by atoms with van der Waals surface area (Å²) in [4.78, 5) is 5.63. The lowest BCUT2D eigenvalue weighted by molar-refractivity contribution is 0.0549. The molecule has 2 heterocycles. The van der Waals surface area contributed by atoms with Gasteiger partial charge in [-0.3, -0.25) is 0 Å². The van der Waals surface area contributed by atoms with Crippen molar-refractivity contribution in [3.05, 3.63) is 0 Å². The SMILES string of the molecule is CC1CCCC(N2CCC(N3CCCCC3)CC2)C1. The molecule has 3 fully saturated rings. The van der Waals surface area contributed by atoms with Gasteiger partial charge in [0.15, 0.2) is 0 Å². The molecular weight excluding hydrogens is 232 g/mol. The molecule has 0 aromatic rings. The third-order valence-corrected chi connectivity index (χ3v) is 5.83. The second-order valence-electron chi connectivity index (χ2n) is 7.29. The third kappa shape index (κ3) is 3.52. The second kappa shape index (κ2) is 6.58. The molecule has 0 N–H and O–H groups in total. The molecular formula is C17H32N2. The average molecular weight is 264 g/mol. The lowest BCUT2D eigenvalue weighted by Crippen LogP contribution is -2.50. The van der Waals surface area contributed by atoms with Crippen molar-refractivity contribution in [1.29, 1.82) is 0 Å². The average Bonchev–Trinajstić information content (AvgIpc) is 2.48. The molecule has 0 spiro atoms. The minimum atomic E-state index is 0.914. The summed E-state index contributed by atoms with van der Waals surface area (Å²) in [6.45, 7) is 7.96. The summed E-state index contributed by atoms with van der Waals surface area (Å²) in [7, 11) is 0. The Morgan fingerprint density at radius 3 is 2.00 bits per heavy atom. The monoisotopic (exact) mass is 264 g/mol. The first-order valence-electron chi connectivity index (χ1n) is 8.81. The summed E-state index contributed by atoms with van der Waals surface area (Å²) in [5, 5.41) is 0. The van der Waals surface area contributed by atoms with E-state index in [2.05, 4.69) is 16.7 Å². The second-order valence-corrected chi connectivity index (χ2v) is 7.29. The number of nitrogens with zero attached hydrogens (tertiary/aromatic N) is 2. The summed E-state index contributed by atoms with van der Waals surface area (Å²) in [5.74, 6) is 0.971. The van der Waals surface area contributed by atoms with Crippen LogP contribution in [0.2, 0.25) is 0 Å². The largest absolute Gasteiger partial charge is 0.300 e. The predicted molar refractivity (Wildman–Crippen MR) is 81.4 cm³/mol. The van der Waals surface area contributed by atoms with E-state index < -0.39 is 0 Å². The van der Waals surface area contributed by atoms with Crippen LogP contribution in [0.1, 0.15) is 64.7 Å². The molecule has 0 bridgehead atoms. The van der Waals surface area contributed by atoms with Crippen molar-refractivity contribution in [2.45, 2.75) is 76.8 Å². The van der Waals surface area contributed by atoms with Gasteiger partial charge in [0.05, 0.1) is 0 Å². The van der Waals surface area contributed by atoms with Gasteiger partial charge in [0.1, 0.15) is 0 Å². The van der Waals surface area contributed by atoms with E-state index in [4.69, 9.17) is 0 Å². The van der Waals surface area contributed by atoms with E-state index in [1.165, 1.54) is 84.0 Å². The van der Waals surface area contributed by atoms with Gasteiger partial charge in [-0.2, -0.15) is 0 Å². The summed E-state index contributed by atoms with van der Waals surface area (Å²) in [6.07, 6.45) is 13.1. The number of piperidine rings is 2. The number of hydrogen-bond acceptors (Lipinski definition) is 2. The fraction of sp³-hybridized carbons (Fsp3) is 1.00. The maximum absolute atomic E-state index is 2.83. The van der Waals surface area contributed by atoms with Crippen molar-refractivity contribution in [2.75, 3.05) is 26.2 Å². The quantitative estimate of drug-likeness (QED) is 0.753. The zero-order chi connectivity index (χ0) is 13.1. The normalized spacial score (nSPS) is 36.5. The predicted octanol–water partition coefficient (Wildman–Crippen LogP) is 3.52. The highest BCUT2D eigenvalue weighted by molar-refractivity contribution is 4.86. The molecule has 0 radical (unpaired) electrons. The highest BCUT2D eigenvalue weighted by Gasteiger charge is 2.30. The zero-order valence-electron chi connectivity index (χ0n) is 12.8. The van der Waals surface area contributed by atoms with Crippen LogP contribution in [-0.4, -0.2) is 48.1 Å². The van der Waals surface area contributed by atoms with Gasteiger partial charge >= 0.3 is 0 Å². The van der Waals surface area contributed by atoms with Crippen molar-refractivity contribution in [2.24, 2.45) is 5.92 Å². The molecule has 3 aliphatic rings. The summed E-state index contributed by atoms with van der Waals surface area (Å²) < 4.78 is 0. The van der Waals surface area contributed by atoms with Crippen molar-refractivity contribution < 1.29 is 0 Å². The lowest BCUT2D eigenvalue weighted by atomic mass is 9.85. The van der Waals surface area contributed by atoms with E-state index in [-0.39, 0.29) is 0 Å². The Kier molecular flexibility index (Phi) is 4.81. The lowest BCUT2D eigenvalue weighted by Gasteiger charge is -2.44. The Morgan fingerprint density at radius 1 is 0.632 bits per heavy atom. The van der Waals surface area contributed by atoms with Gasteiger partial charge in [-0.05, 0) is 70.6 Å². The van der Waals surface area contributed by atoms with Crippen LogP contribution >= 0.6 is 0 Å². The van der Waals surface area contributed by atoms with Crippen LogP contribution in [-0.2, 0) is 0 Å². The number of rotatable bonds is 2. The first kappa shape index (κ1) is 13.9. The van der Waals surface area contributed by atoms with E-state index in [1.807, 2.05) is 0 Å². The van der Waals surface area contributed by atoms with E-state index in [0.717, 1.165) is 18.0 Å². The minimum Gasteiger partial charge on any atom is -0.300 e. The first-order valence-corrected chi connectivity index (χ1v) is 8.81. The van der Waals surface area contributed by atoms with Crippen LogP contribution in [0.5, 0.6) is 0 Å². The van der Waals surface area contributed by atoms with E-state index in [1.54, 1.807) is 0 Å². The topological polar surface area (TPSA) is 6.48 Å². The molecule has 1 aliphatic carbocycles. The van der Waals surface area contributed by atoms with Gasteiger partial charge in [0.25, 0.3) is 0 Å². The number of hydrogen-bond donors (Lipinski definition) is 0. The van der Waals surface area contributed by atoms with Crippen molar-refractivity contribution in [3.63, 3.8) is 0 Å². The van der Waals surface area contributed by atoms with Crippen LogP contribution < -0.4 is 0 Å². The zero-order valence-corrected chi connectivity index (χ0v) is 12.8. The summed E-state index contributed by atoms with van der Waals surface area (Å²) in [6, 6.07) is 1.84. The molecule has 110 valence electrons. The molecule has 2 aliphatic heterocycles. The molecule has 0 amide bonds. The molecule has 2 heteroatoms. The molecule has 1 saturated carbocycles. The number of likely N-dealkylation sites (tertiary alicyclic amines) is 2. The summed E-state index contributed by atoms with van der Waals surface area (Å²) >= 11 is 0. The molecule has 19 heavy (non-hydrogen) atoms. The Bertz CT molecular complexity index is 264. The highest BCUT2D eigenvalue weighted by atomic mass is 15.2. The van der Waals surface area contributed by atoms with Gasteiger partial charge < -0.3 is 9.80 Å². The van der Waals surface area contributed by atoms with Crippen molar-refractivity contribution >= 4 is 0 Å². The highest BCUT2D eigenvalue weighted by Crippen LogP contribution is 2.30. The Hall–Kier alpha value is -0.0800. The maximum Gasteiger partial charge on any atom is 0.0120 e. The third-order valence-electron chi connectivity index (χ3n) is 5.83. The van der Waals surface area contributed by atoms with Crippen LogP contribution in [0.15, 0.2) is 0 Å². The van der Waals surface area contributed by atoms with Crippen LogP contribution in [0.3, 0.4) is 0 Å². The fourth-order valence-corrected chi connectivity index (χ4v) is 4.63. The van der Waals surface area contributed by atoms with Crippen LogP contribution in [0, 0.1) is 5.92 Å². The smallest absolute Gasteiger partial charge is 0.0120 e. The van der Waals surface area contributed by atoms with Gasteiger partial charge in [0, 0.05) is 12.1 Å². The molecule has 2 nitrogen and oxygen atoms in total. The standard InChI is InChI=1S/C17H32N2/c1-15-6-5-7-17(14-15)19-12-8-16(9-13-19)18-10-3-2-4-11-18/h15-17H,2-14H2,1H3. The van der Waals surface area contributed by atoms with Crippen LogP contribution in [0.4, 0.5) is 0 Å². The van der Waals surface area contributed by atoms with Gasteiger partial charge in [0.2, 0.25) is 0 Å². The van der Waals surface area contributed by atoms with E-state index in [9.17, 15) is 0 Å². The fourth-order valence-electron chi connectivity index (χ4n) is 4.63. The van der Waals surface area contributed by atoms with Gasteiger partial charge in [-0.1, -0.05) is 26.2 Å².